The van der Waals surface area contributed by atoms with Crippen molar-refractivity contribution in [3.63, 3.8) is 0 Å². The van der Waals surface area contributed by atoms with Crippen LogP contribution in [0.4, 0.5) is 0 Å². The summed E-state index contributed by atoms with van der Waals surface area (Å²) in [5.41, 5.74) is 0. The van der Waals surface area contributed by atoms with Gasteiger partial charge in [-0.1, -0.05) is 6.07 Å². The van der Waals surface area contributed by atoms with Gasteiger partial charge in [-0.15, -0.1) is 11.3 Å². The molecule has 0 spiro atoms. The molecule has 2 fully saturated rings. The number of ether oxygens (including phenoxy) is 1. The molecule has 0 N–H and O–H groups in total. The molecule has 0 unspecified atom stereocenters. The van der Waals surface area contributed by atoms with Gasteiger partial charge < -0.3 is 14.5 Å². The third-order valence-corrected chi connectivity index (χ3v) is 5.81. The van der Waals surface area contributed by atoms with Crippen molar-refractivity contribution in [2.24, 2.45) is 5.92 Å². The molecule has 25 heavy (non-hydrogen) atoms. The molecule has 6 nitrogen and oxygen atoms in total. The number of thiophene rings is 1. The van der Waals surface area contributed by atoms with Crippen LogP contribution in [0.15, 0.2) is 17.5 Å². The number of piperazine rings is 1. The molecule has 0 aromatic carbocycles. The van der Waals surface area contributed by atoms with Crippen LogP contribution in [0.3, 0.4) is 0 Å². The number of esters is 1. The van der Waals surface area contributed by atoms with E-state index in [4.69, 9.17) is 4.74 Å². The van der Waals surface area contributed by atoms with Crippen molar-refractivity contribution in [3.8, 4) is 0 Å². The molecular formula is C18H24N2O4S. The SMILES string of the molecule is CCOC(=O)CCC(=O)N1CCN(C(=O)[C@@H]2C[C@H]2c2cccs2)CC1. The molecule has 1 aromatic rings. The molecule has 136 valence electrons. The quantitative estimate of drug-likeness (QED) is 0.723. The predicted molar refractivity (Wildman–Crippen MR) is 94.2 cm³/mol. The minimum Gasteiger partial charge on any atom is -0.466 e. The normalized spacial score (nSPS) is 22.6. The molecule has 2 aliphatic rings. The predicted octanol–water partition coefficient (Wildman–Crippen LogP) is 1.87. The van der Waals surface area contributed by atoms with Gasteiger partial charge >= 0.3 is 5.97 Å². The summed E-state index contributed by atoms with van der Waals surface area (Å²) in [7, 11) is 0. The van der Waals surface area contributed by atoms with Crippen molar-refractivity contribution < 1.29 is 19.1 Å². The summed E-state index contributed by atoms with van der Waals surface area (Å²) >= 11 is 1.72. The summed E-state index contributed by atoms with van der Waals surface area (Å²) in [5.74, 6) is 0.347. The van der Waals surface area contributed by atoms with E-state index < -0.39 is 0 Å². The smallest absolute Gasteiger partial charge is 0.306 e. The van der Waals surface area contributed by atoms with Gasteiger partial charge in [0.25, 0.3) is 0 Å². The van der Waals surface area contributed by atoms with Gasteiger partial charge in [0.2, 0.25) is 11.8 Å². The summed E-state index contributed by atoms with van der Waals surface area (Å²) in [6.45, 7) is 4.34. The van der Waals surface area contributed by atoms with E-state index in [0.29, 0.717) is 38.7 Å². The van der Waals surface area contributed by atoms with Crippen molar-refractivity contribution in [2.75, 3.05) is 32.8 Å². The Morgan fingerprint density at radius 1 is 1.16 bits per heavy atom. The second kappa shape index (κ2) is 7.99. The van der Waals surface area contributed by atoms with Crippen molar-refractivity contribution in [2.45, 2.75) is 32.1 Å². The van der Waals surface area contributed by atoms with Crippen LogP contribution in [0.25, 0.3) is 0 Å². The van der Waals surface area contributed by atoms with Gasteiger partial charge in [-0.05, 0) is 24.8 Å². The summed E-state index contributed by atoms with van der Waals surface area (Å²) in [4.78, 5) is 41.0. The highest BCUT2D eigenvalue weighted by molar-refractivity contribution is 7.10. The molecule has 1 saturated heterocycles. The number of nitrogens with zero attached hydrogens (tertiary/aromatic N) is 2. The second-order valence-electron chi connectivity index (χ2n) is 6.48. The van der Waals surface area contributed by atoms with Crippen LogP contribution in [-0.4, -0.2) is 60.4 Å². The lowest BCUT2D eigenvalue weighted by Crippen LogP contribution is -2.51. The number of amides is 2. The van der Waals surface area contributed by atoms with Crippen molar-refractivity contribution >= 4 is 29.1 Å². The van der Waals surface area contributed by atoms with Gasteiger partial charge in [0, 0.05) is 49.3 Å². The minimum absolute atomic E-state index is 0.0389. The maximum absolute atomic E-state index is 12.6. The second-order valence-corrected chi connectivity index (χ2v) is 7.45. The summed E-state index contributed by atoms with van der Waals surface area (Å²) in [6.07, 6.45) is 1.24. The monoisotopic (exact) mass is 364 g/mol. The Bertz CT molecular complexity index is 623. The molecule has 0 radical (unpaired) electrons. The topological polar surface area (TPSA) is 66.9 Å². The van der Waals surface area contributed by atoms with E-state index in [1.165, 1.54) is 4.88 Å². The average Bonchev–Trinajstić information content (AvgIpc) is 3.24. The largest absolute Gasteiger partial charge is 0.466 e. The van der Waals surface area contributed by atoms with Crippen LogP contribution in [0.2, 0.25) is 0 Å². The van der Waals surface area contributed by atoms with Gasteiger partial charge in [-0.25, -0.2) is 0 Å². The molecule has 1 aliphatic heterocycles. The van der Waals surface area contributed by atoms with Gasteiger partial charge in [0.15, 0.2) is 0 Å². The van der Waals surface area contributed by atoms with Crippen molar-refractivity contribution in [1.29, 1.82) is 0 Å². The third kappa shape index (κ3) is 4.39. The van der Waals surface area contributed by atoms with Crippen LogP contribution >= 0.6 is 11.3 Å². The Labute approximate surface area is 151 Å². The summed E-state index contributed by atoms with van der Waals surface area (Å²) in [6, 6.07) is 4.13. The lowest BCUT2D eigenvalue weighted by atomic mass is 10.2. The number of hydrogen-bond acceptors (Lipinski definition) is 5. The number of carbonyl (C=O) groups is 3. The van der Waals surface area contributed by atoms with Crippen LogP contribution in [0.5, 0.6) is 0 Å². The van der Waals surface area contributed by atoms with Gasteiger partial charge in [0.05, 0.1) is 13.0 Å². The Morgan fingerprint density at radius 3 is 2.52 bits per heavy atom. The zero-order valence-corrected chi connectivity index (χ0v) is 15.3. The molecule has 3 rings (SSSR count). The van der Waals surface area contributed by atoms with Crippen molar-refractivity contribution in [3.05, 3.63) is 22.4 Å². The Balaban J connectivity index is 1.40. The van der Waals surface area contributed by atoms with Gasteiger partial charge in [0.1, 0.15) is 0 Å². The molecule has 2 atom stereocenters. The van der Waals surface area contributed by atoms with E-state index in [2.05, 4.69) is 11.4 Å². The zero-order chi connectivity index (χ0) is 17.8. The van der Waals surface area contributed by atoms with Crippen LogP contribution in [0.1, 0.15) is 37.0 Å². The Kier molecular flexibility index (Phi) is 5.73. The molecule has 2 heterocycles. The van der Waals surface area contributed by atoms with E-state index in [-0.39, 0.29) is 36.5 Å². The highest BCUT2D eigenvalue weighted by Gasteiger charge is 2.46. The molecule has 1 aliphatic carbocycles. The fourth-order valence-corrected chi connectivity index (χ4v) is 4.20. The lowest BCUT2D eigenvalue weighted by molar-refractivity contribution is -0.146. The Hall–Kier alpha value is -1.89. The standard InChI is InChI=1S/C18H24N2O4S/c1-2-24-17(22)6-5-16(21)19-7-9-20(10-8-19)18(23)14-12-13(14)15-4-3-11-25-15/h3-4,11,13-14H,2,5-10,12H2,1H3/t13-,14-/m1/s1. The lowest BCUT2D eigenvalue weighted by Gasteiger charge is -2.35. The Morgan fingerprint density at radius 2 is 1.88 bits per heavy atom. The highest BCUT2D eigenvalue weighted by atomic mass is 32.1. The molecule has 7 heteroatoms. The van der Waals surface area contributed by atoms with Gasteiger partial charge in [-0.2, -0.15) is 0 Å². The first-order valence-corrected chi connectivity index (χ1v) is 9.73. The van der Waals surface area contributed by atoms with Crippen LogP contribution < -0.4 is 0 Å². The first kappa shape index (κ1) is 17.9. The van der Waals surface area contributed by atoms with Crippen LogP contribution in [0, 0.1) is 5.92 Å². The maximum Gasteiger partial charge on any atom is 0.306 e. The molecule has 2 amide bonds. The minimum atomic E-state index is -0.335. The number of carbonyl (C=O) groups excluding carboxylic acids is 3. The molecule has 1 aromatic heterocycles. The van der Waals surface area contributed by atoms with E-state index in [1.54, 1.807) is 23.2 Å². The molecule has 1 saturated carbocycles. The highest BCUT2D eigenvalue weighted by Crippen LogP contribution is 2.50. The number of rotatable bonds is 6. The van der Waals surface area contributed by atoms with E-state index >= 15 is 0 Å². The fourth-order valence-electron chi connectivity index (χ4n) is 3.30. The van der Waals surface area contributed by atoms with E-state index in [1.807, 2.05) is 11.0 Å². The molecule has 0 bridgehead atoms. The van der Waals surface area contributed by atoms with Crippen molar-refractivity contribution in [1.82, 2.24) is 9.80 Å². The average molecular weight is 364 g/mol. The van der Waals surface area contributed by atoms with E-state index in [9.17, 15) is 14.4 Å². The van der Waals surface area contributed by atoms with Crippen LogP contribution in [-0.2, 0) is 19.1 Å². The first-order chi connectivity index (χ1) is 12.1. The molecular weight excluding hydrogens is 340 g/mol. The fraction of sp³-hybridized carbons (Fsp3) is 0.611. The summed E-state index contributed by atoms with van der Waals surface area (Å²) < 4.78 is 4.84. The maximum atomic E-state index is 12.6. The van der Waals surface area contributed by atoms with E-state index in [0.717, 1.165) is 6.42 Å². The van der Waals surface area contributed by atoms with Gasteiger partial charge in [-0.3, -0.25) is 14.4 Å². The third-order valence-electron chi connectivity index (χ3n) is 4.81. The summed E-state index contributed by atoms with van der Waals surface area (Å²) in [5, 5.41) is 2.05. The zero-order valence-electron chi connectivity index (χ0n) is 14.5. The number of hydrogen-bond donors (Lipinski definition) is 0. The first-order valence-electron chi connectivity index (χ1n) is 8.85.